The molecular formula is C26H32O2S. The number of hydrogen-bond donors (Lipinski definition) is 0. The molecule has 0 saturated heterocycles. The van der Waals surface area contributed by atoms with Crippen LogP contribution in [0, 0.1) is 10.6 Å². The van der Waals surface area contributed by atoms with Crippen LogP contribution in [0.3, 0.4) is 0 Å². The third-order valence-electron chi connectivity index (χ3n) is 5.25. The molecule has 3 rings (SSSR count). The van der Waals surface area contributed by atoms with Gasteiger partial charge in [0.25, 0.3) is 0 Å². The SMILES string of the molecule is CCc1ccc(-c2cc3ccc(OC(C)(C)CC(C)C)cc3oc2=S)c(CC)c1. The molecule has 0 atom stereocenters. The van der Waals surface area contributed by atoms with Crippen molar-refractivity contribution in [3.05, 3.63) is 58.3 Å². The summed E-state index contributed by atoms with van der Waals surface area (Å²) in [7, 11) is 0. The lowest BCUT2D eigenvalue weighted by molar-refractivity contribution is 0.0853. The van der Waals surface area contributed by atoms with E-state index in [0.29, 0.717) is 10.6 Å². The number of rotatable bonds is 7. The first-order valence-electron chi connectivity index (χ1n) is 10.6. The Kier molecular flexibility index (Phi) is 6.48. The minimum absolute atomic E-state index is 0.227. The van der Waals surface area contributed by atoms with Crippen LogP contribution in [-0.4, -0.2) is 5.60 Å². The lowest BCUT2D eigenvalue weighted by Gasteiger charge is -2.28. The van der Waals surface area contributed by atoms with Crippen LogP contribution in [0.5, 0.6) is 5.75 Å². The Morgan fingerprint density at radius 3 is 2.38 bits per heavy atom. The Hall–Kier alpha value is -2.13. The first-order chi connectivity index (χ1) is 13.7. The quantitative estimate of drug-likeness (QED) is 0.368. The maximum atomic E-state index is 6.24. The molecule has 1 heterocycles. The monoisotopic (exact) mass is 408 g/mol. The largest absolute Gasteiger partial charge is 0.488 e. The molecule has 0 fully saturated rings. The standard InChI is InChI=1S/C26H32O2S/c1-7-18-9-12-22(19(8-2)13-18)23-14-20-10-11-21(15-24(20)27-25(23)29)28-26(5,6)16-17(3)4/h9-15,17H,7-8,16H2,1-6H3. The molecule has 0 aliphatic heterocycles. The smallest absolute Gasteiger partial charge is 0.198 e. The molecule has 154 valence electrons. The van der Waals surface area contributed by atoms with Crippen molar-refractivity contribution in [2.45, 2.75) is 66.4 Å². The predicted molar refractivity (Wildman–Crippen MR) is 125 cm³/mol. The normalized spacial score (nSPS) is 12.0. The summed E-state index contributed by atoms with van der Waals surface area (Å²) in [4.78, 5) is 0. The first-order valence-corrected chi connectivity index (χ1v) is 11.0. The van der Waals surface area contributed by atoms with Crippen LogP contribution in [0.25, 0.3) is 22.1 Å². The Morgan fingerprint density at radius 1 is 0.966 bits per heavy atom. The molecule has 2 nitrogen and oxygen atoms in total. The molecule has 0 aliphatic carbocycles. The van der Waals surface area contributed by atoms with Gasteiger partial charge in [-0.25, -0.2) is 0 Å². The highest BCUT2D eigenvalue weighted by Gasteiger charge is 2.21. The zero-order valence-electron chi connectivity index (χ0n) is 18.5. The zero-order valence-corrected chi connectivity index (χ0v) is 19.3. The van der Waals surface area contributed by atoms with Crippen LogP contribution in [-0.2, 0) is 12.8 Å². The van der Waals surface area contributed by atoms with Gasteiger partial charge in [-0.3, -0.25) is 0 Å². The fraction of sp³-hybridized carbons (Fsp3) is 0.423. The van der Waals surface area contributed by atoms with Crippen LogP contribution >= 0.6 is 12.2 Å². The van der Waals surface area contributed by atoms with Gasteiger partial charge in [0.15, 0.2) is 4.71 Å². The minimum Gasteiger partial charge on any atom is -0.488 e. The second-order valence-electron chi connectivity index (χ2n) is 8.81. The summed E-state index contributed by atoms with van der Waals surface area (Å²) in [5.74, 6) is 1.39. The molecule has 0 radical (unpaired) electrons. The Bertz CT molecular complexity index is 1060. The third-order valence-corrected chi connectivity index (χ3v) is 5.55. The summed E-state index contributed by atoms with van der Waals surface area (Å²) < 4.78 is 12.8. The van der Waals surface area contributed by atoms with Crippen LogP contribution in [0.1, 0.15) is 59.1 Å². The highest BCUT2D eigenvalue weighted by molar-refractivity contribution is 7.71. The first kappa shape index (κ1) is 21.6. The van der Waals surface area contributed by atoms with E-state index in [1.807, 2.05) is 12.1 Å². The van der Waals surface area contributed by atoms with Crippen LogP contribution in [0.15, 0.2) is 46.9 Å². The van der Waals surface area contributed by atoms with Gasteiger partial charge in [0.2, 0.25) is 0 Å². The van der Waals surface area contributed by atoms with Crippen LogP contribution in [0.2, 0.25) is 0 Å². The van der Waals surface area contributed by atoms with Gasteiger partial charge in [-0.1, -0.05) is 45.9 Å². The van der Waals surface area contributed by atoms with Crippen LogP contribution in [0.4, 0.5) is 0 Å². The number of benzene rings is 2. The Labute approximate surface area is 179 Å². The second kappa shape index (κ2) is 8.71. The summed E-state index contributed by atoms with van der Waals surface area (Å²) in [6.07, 6.45) is 2.99. The fourth-order valence-corrected chi connectivity index (χ4v) is 4.37. The van der Waals surface area contributed by atoms with Gasteiger partial charge in [0.05, 0.1) is 0 Å². The van der Waals surface area contributed by atoms with E-state index < -0.39 is 0 Å². The second-order valence-corrected chi connectivity index (χ2v) is 9.18. The van der Waals surface area contributed by atoms with E-state index in [9.17, 15) is 0 Å². The molecular weight excluding hydrogens is 376 g/mol. The molecule has 3 heteroatoms. The number of ether oxygens (including phenoxy) is 1. The topological polar surface area (TPSA) is 22.4 Å². The summed E-state index contributed by atoms with van der Waals surface area (Å²) in [5, 5.41) is 1.03. The molecule has 0 spiro atoms. The Morgan fingerprint density at radius 2 is 1.72 bits per heavy atom. The molecule has 1 aromatic heterocycles. The number of fused-ring (bicyclic) bond motifs is 1. The summed E-state index contributed by atoms with van der Waals surface area (Å²) in [5.41, 5.74) is 5.34. The molecule has 29 heavy (non-hydrogen) atoms. The van der Waals surface area contributed by atoms with E-state index in [1.54, 1.807) is 0 Å². The average Bonchev–Trinajstić information content (AvgIpc) is 2.65. The van der Waals surface area contributed by atoms with E-state index in [-0.39, 0.29) is 5.60 Å². The van der Waals surface area contributed by atoms with Crippen molar-refractivity contribution in [3.8, 4) is 16.9 Å². The molecule has 0 amide bonds. The van der Waals surface area contributed by atoms with Crippen LogP contribution < -0.4 is 4.74 Å². The molecule has 0 bridgehead atoms. The molecule has 3 aromatic rings. The van der Waals surface area contributed by atoms with Gasteiger partial charge < -0.3 is 9.15 Å². The summed E-state index contributed by atoms with van der Waals surface area (Å²) >= 11 is 5.63. The van der Waals surface area contributed by atoms with E-state index in [1.165, 1.54) is 16.7 Å². The van der Waals surface area contributed by atoms with E-state index in [4.69, 9.17) is 21.4 Å². The molecule has 0 unspecified atom stereocenters. The number of aryl methyl sites for hydroxylation is 2. The lowest BCUT2D eigenvalue weighted by Crippen LogP contribution is -2.29. The molecule has 0 saturated carbocycles. The van der Waals surface area contributed by atoms with E-state index >= 15 is 0 Å². The molecule has 0 aliphatic rings. The Balaban J connectivity index is 2.00. The van der Waals surface area contributed by atoms with Crippen molar-refractivity contribution in [2.24, 2.45) is 5.92 Å². The minimum atomic E-state index is -0.227. The van der Waals surface area contributed by atoms with Gasteiger partial charge in [-0.15, -0.1) is 0 Å². The van der Waals surface area contributed by atoms with Crippen molar-refractivity contribution in [1.29, 1.82) is 0 Å². The van der Waals surface area contributed by atoms with Crippen molar-refractivity contribution in [3.63, 3.8) is 0 Å². The predicted octanol–water partition coefficient (Wildman–Crippen LogP) is 8.16. The maximum Gasteiger partial charge on any atom is 0.198 e. The summed E-state index contributed by atoms with van der Waals surface area (Å²) in [6.45, 7) is 13.0. The fourth-order valence-electron chi connectivity index (χ4n) is 4.11. The van der Waals surface area contributed by atoms with E-state index in [2.05, 4.69) is 71.9 Å². The lowest BCUT2D eigenvalue weighted by atomic mass is 9.95. The molecule has 2 aromatic carbocycles. The highest BCUT2D eigenvalue weighted by Crippen LogP contribution is 2.33. The highest BCUT2D eigenvalue weighted by atomic mass is 32.1. The number of hydrogen-bond acceptors (Lipinski definition) is 3. The van der Waals surface area contributed by atoms with Crippen molar-refractivity contribution >= 4 is 23.2 Å². The van der Waals surface area contributed by atoms with Gasteiger partial charge in [-0.2, -0.15) is 0 Å². The third kappa shape index (κ3) is 5.08. The summed E-state index contributed by atoms with van der Waals surface area (Å²) in [6, 6.07) is 14.8. The van der Waals surface area contributed by atoms with E-state index in [0.717, 1.165) is 41.5 Å². The van der Waals surface area contributed by atoms with Crippen molar-refractivity contribution < 1.29 is 9.15 Å². The van der Waals surface area contributed by atoms with Crippen molar-refractivity contribution in [1.82, 2.24) is 0 Å². The van der Waals surface area contributed by atoms with Gasteiger partial charge in [0.1, 0.15) is 16.9 Å². The zero-order chi connectivity index (χ0) is 21.2. The average molecular weight is 409 g/mol. The van der Waals surface area contributed by atoms with Crippen molar-refractivity contribution in [2.75, 3.05) is 0 Å². The van der Waals surface area contributed by atoms with Gasteiger partial charge in [0, 0.05) is 17.0 Å². The van der Waals surface area contributed by atoms with Gasteiger partial charge >= 0.3 is 0 Å². The van der Waals surface area contributed by atoms with Gasteiger partial charge in [-0.05, 0) is 86.1 Å². The molecule has 0 N–H and O–H groups in total. The maximum absolute atomic E-state index is 6.24.